The molecule has 3 aromatic rings. The van der Waals surface area contributed by atoms with Gasteiger partial charge in [-0.1, -0.05) is 70.5 Å². The first-order valence-corrected chi connectivity index (χ1v) is 10.8. The van der Waals surface area contributed by atoms with Crippen molar-refractivity contribution < 1.29 is 9.53 Å². The lowest BCUT2D eigenvalue weighted by molar-refractivity contribution is -0.122. The number of ether oxygens (including phenoxy) is 1. The van der Waals surface area contributed by atoms with E-state index < -0.39 is 0 Å². The van der Waals surface area contributed by atoms with Crippen LogP contribution in [0, 0.1) is 0 Å². The second-order valence-electron chi connectivity index (χ2n) is 7.26. The summed E-state index contributed by atoms with van der Waals surface area (Å²) in [6, 6.07) is 25.4. The number of benzene rings is 3. The summed E-state index contributed by atoms with van der Waals surface area (Å²) >= 11 is 3.41. The standard InChI is InChI=1S/C24H23BrN4O2/c25-20-8-4-7-18(13-20)15-26-29-24(30)23-14-22(27-28-23)19-9-11-21(12-10-19)31-16-17-5-2-1-3-6-17/h1-13,15,22-23,27-28H,14,16H2,(H,29,30)/b26-15+. The van der Waals surface area contributed by atoms with E-state index in [0.29, 0.717) is 13.0 Å². The first-order chi connectivity index (χ1) is 15.2. The van der Waals surface area contributed by atoms with Crippen LogP contribution in [0.4, 0.5) is 0 Å². The van der Waals surface area contributed by atoms with Gasteiger partial charge in [0.1, 0.15) is 18.4 Å². The van der Waals surface area contributed by atoms with Gasteiger partial charge in [0.15, 0.2) is 0 Å². The maximum Gasteiger partial charge on any atom is 0.258 e. The summed E-state index contributed by atoms with van der Waals surface area (Å²) in [4.78, 5) is 12.4. The maximum absolute atomic E-state index is 12.4. The highest BCUT2D eigenvalue weighted by molar-refractivity contribution is 9.10. The number of hydrogen-bond acceptors (Lipinski definition) is 5. The highest BCUT2D eigenvalue weighted by atomic mass is 79.9. The van der Waals surface area contributed by atoms with Crippen molar-refractivity contribution in [1.29, 1.82) is 0 Å². The lowest BCUT2D eigenvalue weighted by Gasteiger charge is -2.11. The SMILES string of the molecule is O=C(N/N=C/c1cccc(Br)c1)C1CC(c2ccc(OCc3ccccc3)cc2)NN1. The number of carbonyl (C=O) groups is 1. The number of halogens is 1. The van der Waals surface area contributed by atoms with E-state index in [4.69, 9.17) is 4.74 Å². The fourth-order valence-corrected chi connectivity index (χ4v) is 3.74. The third-order valence-electron chi connectivity index (χ3n) is 4.99. The summed E-state index contributed by atoms with van der Waals surface area (Å²) in [6.45, 7) is 0.534. The topological polar surface area (TPSA) is 74.8 Å². The maximum atomic E-state index is 12.4. The van der Waals surface area contributed by atoms with E-state index in [0.717, 1.165) is 26.9 Å². The van der Waals surface area contributed by atoms with Crippen molar-refractivity contribution in [3.8, 4) is 5.75 Å². The van der Waals surface area contributed by atoms with Gasteiger partial charge < -0.3 is 4.74 Å². The van der Waals surface area contributed by atoms with E-state index in [2.05, 4.69) is 37.3 Å². The van der Waals surface area contributed by atoms with E-state index in [1.807, 2.05) is 78.9 Å². The van der Waals surface area contributed by atoms with E-state index in [9.17, 15) is 4.79 Å². The molecule has 0 aliphatic carbocycles. The number of carbonyl (C=O) groups excluding carboxylic acids is 1. The molecule has 1 aliphatic heterocycles. The Bertz CT molecular complexity index is 1040. The van der Waals surface area contributed by atoms with Crippen LogP contribution in [0.15, 0.2) is 88.4 Å². The lowest BCUT2D eigenvalue weighted by atomic mass is 10.0. The van der Waals surface area contributed by atoms with Crippen molar-refractivity contribution in [2.45, 2.75) is 25.1 Å². The van der Waals surface area contributed by atoms with Gasteiger partial charge in [-0.25, -0.2) is 16.3 Å². The molecule has 1 heterocycles. The Hall–Kier alpha value is -3.00. The molecule has 4 rings (SSSR count). The minimum atomic E-state index is -0.362. The summed E-state index contributed by atoms with van der Waals surface area (Å²) in [5.41, 5.74) is 12.0. The molecule has 2 unspecified atom stereocenters. The molecule has 0 aromatic heterocycles. The number of hydrogen-bond donors (Lipinski definition) is 3. The zero-order valence-electron chi connectivity index (χ0n) is 16.8. The molecule has 1 fully saturated rings. The summed E-state index contributed by atoms with van der Waals surface area (Å²) in [5, 5.41) is 4.05. The minimum absolute atomic E-state index is 0.0352. The van der Waals surface area contributed by atoms with Gasteiger partial charge in [-0.3, -0.25) is 4.79 Å². The van der Waals surface area contributed by atoms with Crippen LogP contribution in [-0.2, 0) is 11.4 Å². The summed E-state index contributed by atoms with van der Waals surface area (Å²) in [5.74, 6) is 0.638. The molecule has 0 bridgehead atoms. The number of nitrogens with zero attached hydrogens (tertiary/aromatic N) is 1. The molecule has 0 radical (unpaired) electrons. The monoisotopic (exact) mass is 478 g/mol. The quantitative estimate of drug-likeness (QED) is 0.353. The van der Waals surface area contributed by atoms with Gasteiger partial charge in [-0.2, -0.15) is 5.10 Å². The van der Waals surface area contributed by atoms with Gasteiger partial charge in [-0.05, 0) is 47.4 Å². The minimum Gasteiger partial charge on any atom is -0.489 e. The number of nitrogens with one attached hydrogen (secondary N) is 3. The average Bonchev–Trinajstić information content (AvgIpc) is 3.29. The number of hydrazine groups is 1. The highest BCUT2D eigenvalue weighted by Gasteiger charge is 2.30. The van der Waals surface area contributed by atoms with Crippen LogP contribution in [0.25, 0.3) is 0 Å². The predicted octanol–water partition coefficient (Wildman–Crippen LogP) is 4.09. The molecule has 1 amide bonds. The van der Waals surface area contributed by atoms with Crippen LogP contribution in [0.2, 0.25) is 0 Å². The van der Waals surface area contributed by atoms with Crippen LogP contribution in [0.1, 0.15) is 29.2 Å². The molecular weight excluding hydrogens is 456 g/mol. The number of amides is 1. The second-order valence-corrected chi connectivity index (χ2v) is 8.18. The van der Waals surface area contributed by atoms with Crippen molar-refractivity contribution >= 4 is 28.1 Å². The van der Waals surface area contributed by atoms with Crippen LogP contribution in [-0.4, -0.2) is 18.2 Å². The van der Waals surface area contributed by atoms with Crippen molar-refractivity contribution in [1.82, 2.24) is 16.3 Å². The summed E-state index contributed by atoms with van der Waals surface area (Å²) in [7, 11) is 0. The molecule has 7 heteroatoms. The smallest absolute Gasteiger partial charge is 0.258 e. The second kappa shape index (κ2) is 10.3. The van der Waals surface area contributed by atoms with Crippen molar-refractivity contribution in [2.75, 3.05) is 0 Å². The Morgan fingerprint density at radius 3 is 2.65 bits per heavy atom. The molecule has 3 N–H and O–H groups in total. The largest absolute Gasteiger partial charge is 0.489 e. The Morgan fingerprint density at radius 2 is 1.87 bits per heavy atom. The van der Waals surface area contributed by atoms with Crippen molar-refractivity contribution in [3.05, 3.63) is 100 Å². The van der Waals surface area contributed by atoms with Crippen LogP contribution in [0.3, 0.4) is 0 Å². The van der Waals surface area contributed by atoms with Crippen molar-refractivity contribution in [2.24, 2.45) is 5.10 Å². The van der Waals surface area contributed by atoms with E-state index >= 15 is 0 Å². The van der Waals surface area contributed by atoms with E-state index in [-0.39, 0.29) is 18.0 Å². The van der Waals surface area contributed by atoms with Crippen LogP contribution in [0.5, 0.6) is 5.75 Å². The summed E-state index contributed by atoms with van der Waals surface area (Å²) < 4.78 is 6.80. The molecule has 1 saturated heterocycles. The normalized spacial score (nSPS) is 18.2. The third kappa shape index (κ3) is 6.01. The fraction of sp³-hybridized carbons (Fsp3) is 0.167. The summed E-state index contributed by atoms with van der Waals surface area (Å²) in [6.07, 6.45) is 2.25. The Labute approximate surface area is 189 Å². The molecule has 0 saturated carbocycles. The Morgan fingerprint density at radius 1 is 1.06 bits per heavy atom. The van der Waals surface area contributed by atoms with Crippen LogP contribution < -0.4 is 21.0 Å². The molecular formula is C24H23BrN4O2. The van der Waals surface area contributed by atoms with Gasteiger partial charge in [0.05, 0.1) is 6.21 Å². The van der Waals surface area contributed by atoms with Crippen molar-refractivity contribution in [3.63, 3.8) is 0 Å². The lowest BCUT2D eigenvalue weighted by Crippen LogP contribution is -2.41. The zero-order chi connectivity index (χ0) is 21.5. The molecule has 6 nitrogen and oxygen atoms in total. The van der Waals surface area contributed by atoms with Gasteiger partial charge in [0.2, 0.25) is 0 Å². The van der Waals surface area contributed by atoms with E-state index in [1.54, 1.807) is 6.21 Å². The third-order valence-corrected chi connectivity index (χ3v) is 5.48. The first-order valence-electron chi connectivity index (χ1n) is 10.0. The first kappa shape index (κ1) is 21.2. The molecule has 3 aromatic carbocycles. The zero-order valence-corrected chi connectivity index (χ0v) is 18.4. The van der Waals surface area contributed by atoms with Gasteiger partial charge in [0, 0.05) is 10.5 Å². The molecule has 31 heavy (non-hydrogen) atoms. The predicted molar refractivity (Wildman–Crippen MR) is 125 cm³/mol. The highest BCUT2D eigenvalue weighted by Crippen LogP contribution is 2.24. The molecule has 158 valence electrons. The fourth-order valence-electron chi connectivity index (χ4n) is 3.32. The van der Waals surface area contributed by atoms with E-state index in [1.165, 1.54) is 0 Å². The van der Waals surface area contributed by atoms with Gasteiger partial charge >= 0.3 is 0 Å². The Balaban J connectivity index is 1.26. The molecule has 2 atom stereocenters. The van der Waals surface area contributed by atoms with Crippen LogP contribution >= 0.6 is 15.9 Å². The number of rotatable bonds is 7. The average molecular weight is 479 g/mol. The number of hydrazone groups is 1. The Kier molecular flexibility index (Phi) is 7.09. The van der Waals surface area contributed by atoms with Gasteiger partial charge in [0.25, 0.3) is 5.91 Å². The van der Waals surface area contributed by atoms with Gasteiger partial charge in [-0.15, -0.1) is 0 Å². The molecule has 1 aliphatic rings. The molecule has 0 spiro atoms.